The predicted molar refractivity (Wildman–Crippen MR) is 74.1 cm³/mol. The van der Waals surface area contributed by atoms with Crippen LogP contribution in [-0.2, 0) is 11.3 Å². The summed E-state index contributed by atoms with van der Waals surface area (Å²) in [6, 6.07) is 9.60. The lowest BCUT2D eigenvalue weighted by atomic mass is 10.2. The molecule has 0 fully saturated rings. The molecule has 0 aromatic carbocycles. The van der Waals surface area contributed by atoms with Gasteiger partial charge in [0, 0.05) is 16.6 Å². The summed E-state index contributed by atoms with van der Waals surface area (Å²) in [5.41, 5.74) is 1.56. The topological polar surface area (TPSA) is 42.0 Å². The molecule has 0 saturated carbocycles. The van der Waals surface area contributed by atoms with Crippen LogP contribution in [0, 0.1) is 0 Å². The van der Waals surface area contributed by atoms with Crippen molar-refractivity contribution in [3.05, 3.63) is 58.1 Å². The number of amides is 1. The Morgan fingerprint density at radius 2 is 2.28 bits per heavy atom. The zero-order chi connectivity index (χ0) is 12.8. The summed E-state index contributed by atoms with van der Waals surface area (Å²) in [4.78, 5) is 17.1. The first kappa shape index (κ1) is 12.5. The van der Waals surface area contributed by atoms with Crippen LogP contribution in [0.25, 0.3) is 6.08 Å². The van der Waals surface area contributed by atoms with Crippen molar-refractivity contribution in [2.24, 2.45) is 0 Å². The van der Waals surface area contributed by atoms with E-state index in [1.807, 2.05) is 48.7 Å². The highest BCUT2D eigenvalue weighted by Gasteiger charge is 2.04. The summed E-state index contributed by atoms with van der Waals surface area (Å²) >= 11 is 1.61. The molecule has 0 spiro atoms. The lowest BCUT2D eigenvalue weighted by Crippen LogP contribution is -2.23. The molecular formula is C14H14N2OS. The van der Waals surface area contributed by atoms with Crippen LogP contribution in [0.5, 0.6) is 0 Å². The fraction of sp³-hybridized carbons (Fsp3) is 0.143. The highest BCUT2D eigenvalue weighted by molar-refractivity contribution is 7.10. The van der Waals surface area contributed by atoms with Crippen LogP contribution < -0.4 is 5.32 Å². The number of carbonyl (C=O) groups excluding carboxylic acids is 1. The fourth-order valence-electron chi connectivity index (χ4n) is 1.47. The van der Waals surface area contributed by atoms with Gasteiger partial charge in [-0.3, -0.25) is 9.78 Å². The Morgan fingerprint density at radius 3 is 2.94 bits per heavy atom. The van der Waals surface area contributed by atoms with Gasteiger partial charge in [-0.1, -0.05) is 12.1 Å². The molecule has 0 aliphatic heterocycles. The van der Waals surface area contributed by atoms with Gasteiger partial charge in [-0.2, -0.15) is 0 Å². The average Bonchev–Trinajstić information content (AvgIpc) is 2.90. The van der Waals surface area contributed by atoms with Crippen molar-refractivity contribution in [2.75, 3.05) is 0 Å². The lowest BCUT2D eigenvalue weighted by molar-refractivity contribution is -0.117. The van der Waals surface area contributed by atoms with Crippen LogP contribution in [0.3, 0.4) is 0 Å². The van der Waals surface area contributed by atoms with Gasteiger partial charge < -0.3 is 5.32 Å². The maximum Gasteiger partial charge on any atom is 0.247 e. The van der Waals surface area contributed by atoms with E-state index in [0.717, 1.165) is 10.6 Å². The summed E-state index contributed by atoms with van der Waals surface area (Å²) in [5, 5.41) is 4.84. The molecule has 2 aromatic heterocycles. The van der Waals surface area contributed by atoms with E-state index in [-0.39, 0.29) is 5.91 Å². The molecule has 2 heterocycles. The molecule has 1 N–H and O–H groups in total. The number of thiophene rings is 1. The Bertz CT molecular complexity index is 532. The predicted octanol–water partition coefficient (Wildman–Crippen LogP) is 2.86. The van der Waals surface area contributed by atoms with E-state index in [1.165, 1.54) is 0 Å². The molecule has 0 atom stereocenters. The Labute approximate surface area is 110 Å². The van der Waals surface area contributed by atoms with Crippen molar-refractivity contribution in [1.29, 1.82) is 0 Å². The van der Waals surface area contributed by atoms with Crippen LogP contribution in [-0.4, -0.2) is 10.9 Å². The second kappa shape index (κ2) is 6.12. The van der Waals surface area contributed by atoms with Gasteiger partial charge in [0.2, 0.25) is 5.91 Å². The van der Waals surface area contributed by atoms with Gasteiger partial charge in [0.25, 0.3) is 0 Å². The number of hydrogen-bond donors (Lipinski definition) is 1. The van der Waals surface area contributed by atoms with E-state index >= 15 is 0 Å². The van der Waals surface area contributed by atoms with Gasteiger partial charge >= 0.3 is 0 Å². The molecule has 2 rings (SSSR count). The number of pyridine rings is 1. The molecule has 4 heteroatoms. The van der Waals surface area contributed by atoms with Gasteiger partial charge in [-0.15, -0.1) is 11.3 Å². The molecule has 0 aliphatic rings. The quantitative estimate of drug-likeness (QED) is 0.857. The minimum atomic E-state index is -0.0611. The van der Waals surface area contributed by atoms with E-state index in [2.05, 4.69) is 10.3 Å². The van der Waals surface area contributed by atoms with Crippen molar-refractivity contribution < 1.29 is 4.79 Å². The van der Waals surface area contributed by atoms with Crippen LogP contribution in [0.1, 0.15) is 17.5 Å². The van der Waals surface area contributed by atoms with Gasteiger partial charge in [0.1, 0.15) is 0 Å². The first-order valence-electron chi connectivity index (χ1n) is 5.65. The van der Waals surface area contributed by atoms with Crippen molar-refractivity contribution in [1.82, 2.24) is 10.3 Å². The maximum atomic E-state index is 11.8. The number of rotatable bonds is 4. The van der Waals surface area contributed by atoms with Gasteiger partial charge in [-0.05, 0) is 36.6 Å². The molecule has 1 amide bonds. The van der Waals surface area contributed by atoms with Crippen LogP contribution in [0.2, 0.25) is 0 Å². The normalized spacial score (nSPS) is 11.3. The van der Waals surface area contributed by atoms with E-state index in [1.54, 1.807) is 17.5 Å². The molecule has 3 nitrogen and oxygen atoms in total. The third-order valence-corrected chi connectivity index (χ3v) is 3.24. The van der Waals surface area contributed by atoms with Crippen molar-refractivity contribution in [2.45, 2.75) is 13.5 Å². The fourth-order valence-corrected chi connectivity index (χ4v) is 2.18. The number of nitrogens with one attached hydrogen (secondary N) is 1. The van der Waals surface area contributed by atoms with Crippen LogP contribution >= 0.6 is 11.3 Å². The molecule has 18 heavy (non-hydrogen) atoms. The monoisotopic (exact) mass is 258 g/mol. The SMILES string of the molecule is C/C(=C\c1cccs1)C(=O)NCc1ccccn1. The molecule has 0 radical (unpaired) electrons. The minimum absolute atomic E-state index is 0.0611. The standard InChI is InChI=1S/C14H14N2OS/c1-11(9-13-6-4-8-18-13)14(17)16-10-12-5-2-3-7-15-12/h2-9H,10H2,1H3,(H,16,17)/b11-9+. The summed E-state index contributed by atoms with van der Waals surface area (Å²) in [6.07, 6.45) is 3.61. The summed E-state index contributed by atoms with van der Waals surface area (Å²) in [7, 11) is 0. The summed E-state index contributed by atoms with van der Waals surface area (Å²) in [6.45, 7) is 2.27. The molecule has 0 unspecified atom stereocenters. The smallest absolute Gasteiger partial charge is 0.247 e. The van der Waals surface area contributed by atoms with Crippen molar-refractivity contribution in [3.8, 4) is 0 Å². The minimum Gasteiger partial charge on any atom is -0.347 e. The number of nitrogens with zero attached hydrogens (tertiary/aromatic N) is 1. The molecule has 0 aliphatic carbocycles. The van der Waals surface area contributed by atoms with Gasteiger partial charge in [0.15, 0.2) is 0 Å². The number of carbonyl (C=O) groups is 1. The first-order chi connectivity index (χ1) is 8.75. The van der Waals surface area contributed by atoms with E-state index < -0.39 is 0 Å². The Kier molecular flexibility index (Phi) is 4.25. The van der Waals surface area contributed by atoms with Crippen molar-refractivity contribution >= 4 is 23.3 Å². The van der Waals surface area contributed by atoms with Crippen molar-refractivity contribution in [3.63, 3.8) is 0 Å². The van der Waals surface area contributed by atoms with Crippen LogP contribution in [0.4, 0.5) is 0 Å². The average molecular weight is 258 g/mol. The molecule has 2 aromatic rings. The second-order valence-electron chi connectivity index (χ2n) is 3.85. The van der Waals surface area contributed by atoms with Gasteiger partial charge in [0.05, 0.1) is 12.2 Å². The maximum absolute atomic E-state index is 11.8. The zero-order valence-corrected chi connectivity index (χ0v) is 10.9. The van der Waals surface area contributed by atoms with E-state index in [0.29, 0.717) is 12.1 Å². The highest BCUT2D eigenvalue weighted by atomic mass is 32.1. The Morgan fingerprint density at radius 1 is 1.39 bits per heavy atom. The number of aromatic nitrogens is 1. The highest BCUT2D eigenvalue weighted by Crippen LogP contribution is 2.13. The third-order valence-electron chi connectivity index (χ3n) is 2.42. The molecule has 0 saturated heterocycles. The molecule has 92 valence electrons. The molecular weight excluding hydrogens is 244 g/mol. The van der Waals surface area contributed by atoms with Crippen LogP contribution in [0.15, 0.2) is 47.5 Å². The summed E-state index contributed by atoms with van der Waals surface area (Å²) < 4.78 is 0. The summed E-state index contributed by atoms with van der Waals surface area (Å²) in [5.74, 6) is -0.0611. The Balaban J connectivity index is 1.92. The van der Waals surface area contributed by atoms with E-state index in [9.17, 15) is 4.79 Å². The lowest BCUT2D eigenvalue weighted by Gasteiger charge is -2.04. The molecule has 0 bridgehead atoms. The van der Waals surface area contributed by atoms with Gasteiger partial charge in [-0.25, -0.2) is 0 Å². The Hall–Kier alpha value is -1.94. The second-order valence-corrected chi connectivity index (χ2v) is 4.83. The largest absolute Gasteiger partial charge is 0.347 e. The zero-order valence-electron chi connectivity index (χ0n) is 10.1. The first-order valence-corrected chi connectivity index (χ1v) is 6.53. The number of hydrogen-bond acceptors (Lipinski definition) is 3. The van der Waals surface area contributed by atoms with E-state index in [4.69, 9.17) is 0 Å². The third kappa shape index (κ3) is 3.53.